The second-order valence-corrected chi connectivity index (χ2v) is 4.23. The predicted molar refractivity (Wildman–Crippen MR) is 67.4 cm³/mol. The quantitative estimate of drug-likeness (QED) is 0.866. The number of hydrogen-bond acceptors (Lipinski definition) is 3. The third-order valence-electron chi connectivity index (χ3n) is 2.81. The Labute approximate surface area is 110 Å². The van der Waals surface area contributed by atoms with Crippen LogP contribution in [0.25, 0.3) is 0 Å². The van der Waals surface area contributed by atoms with Crippen LogP contribution in [0, 0.1) is 5.82 Å². The van der Waals surface area contributed by atoms with E-state index in [4.69, 9.17) is 4.74 Å². The second-order valence-electron chi connectivity index (χ2n) is 4.23. The van der Waals surface area contributed by atoms with E-state index < -0.39 is 11.9 Å². The van der Waals surface area contributed by atoms with Gasteiger partial charge in [-0.25, -0.2) is 4.39 Å². The largest absolute Gasteiger partial charge is 0.491 e. The van der Waals surface area contributed by atoms with E-state index in [9.17, 15) is 14.0 Å². The fraction of sp³-hybridized carbons (Fsp3) is 0.385. The maximum atomic E-state index is 13.6. The summed E-state index contributed by atoms with van der Waals surface area (Å²) in [5, 5.41) is 5.12. The Balaban J connectivity index is 2.01. The molecule has 1 aliphatic heterocycles. The number of carbonyl (C=O) groups excluding carboxylic acids is 2. The summed E-state index contributed by atoms with van der Waals surface area (Å²) in [6.45, 7) is 2.13. The molecule has 1 aromatic carbocycles. The summed E-state index contributed by atoms with van der Waals surface area (Å²) < 4.78 is 18.6. The van der Waals surface area contributed by atoms with Crippen molar-refractivity contribution < 1.29 is 18.7 Å². The first-order valence-corrected chi connectivity index (χ1v) is 6.12. The van der Waals surface area contributed by atoms with E-state index in [2.05, 4.69) is 10.6 Å². The van der Waals surface area contributed by atoms with Gasteiger partial charge in [-0.05, 0) is 25.5 Å². The first kappa shape index (κ1) is 13.3. The van der Waals surface area contributed by atoms with Gasteiger partial charge in [-0.15, -0.1) is 0 Å². The van der Waals surface area contributed by atoms with Gasteiger partial charge in [0.05, 0.1) is 6.61 Å². The summed E-state index contributed by atoms with van der Waals surface area (Å²) in [4.78, 5) is 22.8. The SMILES string of the molecule is CCOc1ccc(NC(=O)C2CCC(=O)N2)cc1F. The van der Waals surface area contributed by atoms with E-state index in [1.807, 2.05) is 0 Å². The van der Waals surface area contributed by atoms with Crippen molar-refractivity contribution in [1.82, 2.24) is 5.32 Å². The summed E-state index contributed by atoms with van der Waals surface area (Å²) in [5.74, 6) is -0.864. The van der Waals surface area contributed by atoms with Crippen molar-refractivity contribution in [3.05, 3.63) is 24.0 Å². The van der Waals surface area contributed by atoms with Crippen LogP contribution in [0.2, 0.25) is 0 Å². The number of nitrogens with one attached hydrogen (secondary N) is 2. The van der Waals surface area contributed by atoms with Crippen molar-refractivity contribution in [2.24, 2.45) is 0 Å². The van der Waals surface area contributed by atoms with Gasteiger partial charge in [-0.1, -0.05) is 0 Å². The fourth-order valence-corrected chi connectivity index (χ4v) is 1.89. The molecule has 2 N–H and O–H groups in total. The molecule has 1 aromatic rings. The van der Waals surface area contributed by atoms with E-state index in [0.29, 0.717) is 25.1 Å². The molecule has 0 aliphatic carbocycles. The van der Waals surface area contributed by atoms with Crippen LogP contribution in [-0.2, 0) is 9.59 Å². The number of halogens is 1. The Morgan fingerprint density at radius 1 is 1.58 bits per heavy atom. The number of ether oxygens (including phenoxy) is 1. The number of hydrogen-bond donors (Lipinski definition) is 2. The molecule has 0 aromatic heterocycles. The topological polar surface area (TPSA) is 67.4 Å². The molecule has 1 heterocycles. The van der Waals surface area contributed by atoms with Gasteiger partial charge in [0.15, 0.2) is 11.6 Å². The van der Waals surface area contributed by atoms with Gasteiger partial charge in [0.25, 0.3) is 0 Å². The summed E-state index contributed by atoms with van der Waals surface area (Å²) in [5.41, 5.74) is 0.340. The molecule has 0 radical (unpaired) electrons. The summed E-state index contributed by atoms with van der Waals surface area (Å²) in [6, 6.07) is 3.67. The van der Waals surface area contributed by atoms with E-state index in [-0.39, 0.29) is 17.6 Å². The number of carbonyl (C=O) groups is 2. The average Bonchev–Trinajstić information content (AvgIpc) is 2.80. The molecule has 0 bridgehead atoms. The van der Waals surface area contributed by atoms with E-state index >= 15 is 0 Å². The molecule has 1 saturated heterocycles. The third kappa shape index (κ3) is 3.21. The monoisotopic (exact) mass is 266 g/mol. The molecular formula is C13H15FN2O3. The van der Waals surface area contributed by atoms with Crippen molar-refractivity contribution in [2.75, 3.05) is 11.9 Å². The van der Waals surface area contributed by atoms with Crippen molar-refractivity contribution in [3.8, 4) is 5.75 Å². The second kappa shape index (κ2) is 5.69. The van der Waals surface area contributed by atoms with Crippen LogP contribution in [0.5, 0.6) is 5.75 Å². The normalized spacial score (nSPS) is 18.0. The van der Waals surface area contributed by atoms with E-state index in [0.717, 1.165) is 0 Å². The highest BCUT2D eigenvalue weighted by molar-refractivity contribution is 5.98. The lowest BCUT2D eigenvalue weighted by atomic mass is 10.2. The fourth-order valence-electron chi connectivity index (χ4n) is 1.89. The van der Waals surface area contributed by atoms with Crippen molar-refractivity contribution >= 4 is 17.5 Å². The molecule has 6 heteroatoms. The molecule has 1 atom stereocenters. The molecule has 5 nitrogen and oxygen atoms in total. The molecule has 0 saturated carbocycles. The Bertz CT molecular complexity index is 505. The molecule has 102 valence electrons. The Kier molecular flexibility index (Phi) is 3.99. The maximum Gasteiger partial charge on any atom is 0.246 e. The van der Waals surface area contributed by atoms with Crippen LogP contribution in [0.15, 0.2) is 18.2 Å². The van der Waals surface area contributed by atoms with Gasteiger partial charge < -0.3 is 15.4 Å². The number of anilines is 1. The number of amides is 2. The lowest BCUT2D eigenvalue weighted by Crippen LogP contribution is -2.37. The number of rotatable bonds is 4. The van der Waals surface area contributed by atoms with Gasteiger partial charge in [0.1, 0.15) is 6.04 Å². The Hall–Kier alpha value is -2.11. The molecule has 1 aliphatic rings. The lowest BCUT2D eigenvalue weighted by Gasteiger charge is -2.12. The zero-order valence-electron chi connectivity index (χ0n) is 10.5. The average molecular weight is 266 g/mol. The van der Waals surface area contributed by atoms with E-state index in [1.165, 1.54) is 12.1 Å². The third-order valence-corrected chi connectivity index (χ3v) is 2.81. The van der Waals surface area contributed by atoms with Crippen LogP contribution in [0.3, 0.4) is 0 Å². The van der Waals surface area contributed by atoms with Crippen molar-refractivity contribution in [3.63, 3.8) is 0 Å². The smallest absolute Gasteiger partial charge is 0.246 e. The first-order valence-electron chi connectivity index (χ1n) is 6.12. The molecule has 19 heavy (non-hydrogen) atoms. The highest BCUT2D eigenvalue weighted by Gasteiger charge is 2.27. The van der Waals surface area contributed by atoms with Crippen LogP contribution in [0.1, 0.15) is 19.8 Å². The predicted octanol–water partition coefficient (Wildman–Crippen LogP) is 1.44. The summed E-state index contributed by atoms with van der Waals surface area (Å²) >= 11 is 0. The zero-order chi connectivity index (χ0) is 13.8. The standard InChI is InChI=1S/C13H15FN2O3/c1-2-19-11-5-3-8(7-9(11)14)15-13(18)10-4-6-12(17)16-10/h3,5,7,10H,2,4,6H2,1H3,(H,15,18)(H,16,17). The van der Waals surface area contributed by atoms with Crippen molar-refractivity contribution in [1.29, 1.82) is 0 Å². The van der Waals surface area contributed by atoms with Crippen LogP contribution in [-0.4, -0.2) is 24.5 Å². The first-order chi connectivity index (χ1) is 9.10. The molecule has 1 unspecified atom stereocenters. The van der Waals surface area contributed by atoms with Gasteiger partial charge >= 0.3 is 0 Å². The highest BCUT2D eigenvalue weighted by atomic mass is 19.1. The van der Waals surface area contributed by atoms with Gasteiger partial charge in [-0.3, -0.25) is 9.59 Å². The van der Waals surface area contributed by atoms with E-state index in [1.54, 1.807) is 13.0 Å². The highest BCUT2D eigenvalue weighted by Crippen LogP contribution is 2.21. The van der Waals surface area contributed by atoms with Gasteiger partial charge in [0.2, 0.25) is 11.8 Å². The summed E-state index contributed by atoms with van der Waals surface area (Å²) in [6.07, 6.45) is 0.805. The minimum absolute atomic E-state index is 0.141. The summed E-state index contributed by atoms with van der Waals surface area (Å²) in [7, 11) is 0. The van der Waals surface area contributed by atoms with Crippen LogP contribution < -0.4 is 15.4 Å². The molecule has 2 rings (SSSR count). The zero-order valence-corrected chi connectivity index (χ0v) is 10.5. The van der Waals surface area contributed by atoms with Crippen molar-refractivity contribution in [2.45, 2.75) is 25.8 Å². The molecular weight excluding hydrogens is 251 g/mol. The minimum atomic E-state index is -0.540. The molecule has 1 fully saturated rings. The van der Waals surface area contributed by atoms with Gasteiger partial charge in [0, 0.05) is 18.2 Å². The number of benzene rings is 1. The molecule has 2 amide bonds. The van der Waals surface area contributed by atoms with Crippen LogP contribution >= 0.6 is 0 Å². The Morgan fingerprint density at radius 2 is 2.37 bits per heavy atom. The van der Waals surface area contributed by atoms with Crippen LogP contribution in [0.4, 0.5) is 10.1 Å². The van der Waals surface area contributed by atoms with Gasteiger partial charge in [-0.2, -0.15) is 0 Å². The Morgan fingerprint density at radius 3 is 2.95 bits per heavy atom. The lowest BCUT2D eigenvalue weighted by molar-refractivity contribution is -0.122. The minimum Gasteiger partial charge on any atom is -0.491 e. The maximum absolute atomic E-state index is 13.6. The molecule has 0 spiro atoms.